The second-order valence-electron chi connectivity index (χ2n) is 4.87. The molecule has 1 aliphatic carbocycles. The molecule has 4 heteroatoms. The van der Waals surface area contributed by atoms with Gasteiger partial charge >= 0.3 is 0 Å². The lowest BCUT2D eigenvalue weighted by Gasteiger charge is -2.22. The molecule has 0 saturated carbocycles. The summed E-state index contributed by atoms with van der Waals surface area (Å²) < 4.78 is 0. The quantitative estimate of drug-likeness (QED) is 0.893. The summed E-state index contributed by atoms with van der Waals surface area (Å²) in [5, 5.41) is 4.32. The molecule has 1 N–H and O–H groups in total. The largest absolute Gasteiger partial charge is 0.369 e. The number of anilines is 1. The standard InChI is InChI=1S/C13H19N3S/c1-2-7-17-10(4-1)8-14-13-11-5-3-6-12(11)15-9-16-13/h9-10H,1-8H2,(H,14,15,16). The molecule has 3 rings (SSSR count). The van der Waals surface area contributed by atoms with Gasteiger partial charge in [-0.3, -0.25) is 0 Å². The van der Waals surface area contributed by atoms with Gasteiger partial charge in [-0.15, -0.1) is 0 Å². The van der Waals surface area contributed by atoms with Crippen LogP contribution in [-0.2, 0) is 12.8 Å². The summed E-state index contributed by atoms with van der Waals surface area (Å²) >= 11 is 2.11. The van der Waals surface area contributed by atoms with Crippen LogP contribution in [0.25, 0.3) is 0 Å². The first-order valence-electron chi connectivity index (χ1n) is 6.62. The molecule has 0 amide bonds. The minimum Gasteiger partial charge on any atom is -0.369 e. The molecule has 2 aliphatic rings. The molecule has 0 radical (unpaired) electrons. The normalized spacial score (nSPS) is 23.4. The number of aryl methyl sites for hydroxylation is 1. The number of rotatable bonds is 3. The van der Waals surface area contributed by atoms with Gasteiger partial charge in [-0.05, 0) is 37.9 Å². The number of fused-ring (bicyclic) bond motifs is 1. The van der Waals surface area contributed by atoms with Crippen molar-refractivity contribution in [2.75, 3.05) is 17.6 Å². The zero-order valence-electron chi connectivity index (χ0n) is 10.1. The molecule has 1 aromatic heterocycles. The average molecular weight is 249 g/mol. The van der Waals surface area contributed by atoms with Gasteiger partial charge < -0.3 is 5.32 Å². The van der Waals surface area contributed by atoms with Gasteiger partial charge in [-0.2, -0.15) is 11.8 Å². The Morgan fingerprint density at radius 1 is 1.24 bits per heavy atom. The molecule has 17 heavy (non-hydrogen) atoms. The second kappa shape index (κ2) is 5.25. The van der Waals surface area contributed by atoms with Crippen LogP contribution < -0.4 is 5.32 Å². The minimum atomic E-state index is 0.774. The Balaban J connectivity index is 1.63. The van der Waals surface area contributed by atoms with Crippen LogP contribution in [0.5, 0.6) is 0 Å². The fourth-order valence-electron chi connectivity index (χ4n) is 2.69. The lowest BCUT2D eigenvalue weighted by atomic mass is 10.2. The lowest BCUT2D eigenvalue weighted by molar-refractivity contribution is 0.676. The number of hydrogen-bond donors (Lipinski definition) is 1. The number of thioether (sulfide) groups is 1. The van der Waals surface area contributed by atoms with Gasteiger partial charge in [0.2, 0.25) is 0 Å². The van der Waals surface area contributed by atoms with Crippen molar-refractivity contribution in [2.24, 2.45) is 0 Å². The molecule has 92 valence electrons. The molecular weight excluding hydrogens is 230 g/mol. The molecule has 1 atom stereocenters. The number of nitrogens with one attached hydrogen (secondary N) is 1. The van der Waals surface area contributed by atoms with Gasteiger partial charge in [0.25, 0.3) is 0 Å². The van der Waals surface area contributed by atoms with Crippen LogP contribution in [0.2, 0.25) is 0 Å². The zero-order valence-corrected chi connectivity index (χ0v) is 10.9. The van der Waals surface area contributed by atoms with Crippen molar-refractivity contribution in [3.05, 3.63) is 17.6 Å². The summed E-state index contributed by atoms with van der Waals surface area (Å²) in [5.74, 6) is 2.42. The third kappa shape index (κ3) is 2.57. The van der Waals surface area contributed by atoms with E-state index in [1.807, 2.05) is 0 Å². The van der Waals surface area contributed by atoms with Crippen molar-refractivity contribution < 1.29 is 0 Å². The molecule has 1 unspecified atom stereocenters. The van der Waals surface area contributed by atoms with E-state index in [1.54, 1.807) is 6.33 Å². The van der Waals surface area contributed by atoms with Crippen LogP contribution >= 0.6 is 11.8 Å². The van der Waals surface area contributed by atoms with E-state index in [2.05, 4.69) is 27.0 Å². The number of aromatic nitrogens is 2. The second-order valence-corrected chi connectivity index (χ2v) is 6.28. The predicted octanol–water partition coefficient (Wildman–Crippen LogP) is 2.66. The maximum absolute atomic E-state index is 4.40. The minimum absolute atomic E-state index is 0.774. The highest BCUT2D eigenvalue weighted by molar-refractivity contribution is 7.99. The lowest BCUT2D eigenvalue weighted by Crippen LogP contribution is -2.21. The van der Waals surface area contributed by atoms with E-state index in [0.29, 0.717) is 0 Å². The van der Waals surface area contributed by atoms with Gasteiger partial charge in [0.05, 0.1) is 0 Å². The van der Waals surface area contributed by atoms with Gasteiger partial charge in [0.15, 0.2) is 0 Å². The first kappa shape index (κ1) is 11.3. The maximum Gasteiger partial charge on any atom is 0.132 e. The third-order valence-electron chi connectivity index (χ3n) is 3.65. The van der Waals surface area contributed by atoms with E-state index < -0.39 is 0 Å². The molecule has 0 spiro atoms. The highest BCUT2D eigenvalue weighted by Gasteiger charge is 2.18. The molecule has 1 aliphatic heterocycles. The molecule has 3 nitrogen and oxygen atoms in total. The van der Waals surface area contributed by atoms with Crippen LogP contribution in [0.3, 0.4) is 0 Å². The first-order valence-corrected chi connectivity index (χ1v) is 7.66. The summed E-state index contributed by atoms with van der Waals surface area (Å²) in [6, 6.07) is 0. The molecule has 0 bridgehead atoms. The van der Waals surface area contributed by atoms with Gasteiger partial charge in [-0.1, -0.05) is 6.42 Å². The molecule has 1 fully saturated rings. The maximum atomic E-state index is 4.40. The van der Waals surface area contributed by atoms with Crippen LogP contribution in [0.15, 0.2) is 6.33 Å². The van der Waals surface area contributed by atoms with Gasteiger partial charge in [0.1, 0.15) is 12.1 Å². The Bertz CT molecular complexity index is 388. The fourth-order valence-corrected chi connectivity index (χ4v) is 3.93. The van der Waals surface area contributed by atoms with Crippen molar-refractivity contribution >= 4 is 17.6 Å². The van der Waals surface area contributed by atoms with Crippen molar-refractivity contribution in [2.45, 2.75) is 43.8 Å². The number of hydrogen-bond acceptors (Lipinski definition) is 4. The van der Waals surface area contributed by atoms with E-state index in [-0.39, 0.29) is 0 Å². The van der Waals surface area contributed by atoms with Crippen LogP contribution in [-0.4, -0.2) is 27.5 Å². The van der Waals surface area contributed by atoms with E-state index >= 15 is 0 Å². The highest BCUT2D eigenvalue weighted by Crippen LogP contribution is 2.28. The fraction of sp³-hybridized carbons (Fsp3) is 0.692. The topological polar surface area (TPSA) is 37.8 Å². The SMILES string of the molecule is c1nc2c(c(NCC3CCCCS3)n1)CCC2. The summed E-state index contributed by atoms with van der Waals surface area (Å²) in [5.41, 5.74) is 2.63. The molecule has 1 saturated heterocycles. The Morgan fingerprint density at radius 3 is 3.12 bits per heavy atom. The zero-order chi connectivity index (χ0) is 11.5. The number of nitrogens with zero attached hydrogens (tertiary/aromatic N) is 2. The Hall–Kier alpha value is -0.770. The first-order chi connectivity index (χ1) is 8.43. The summed E-state index contributed by atoms with van der Waals surface area (Å²) in [6.07, 6.45) is 9.36. The van der Waals surface area contributed by atoms with E-state index in [9.17, 15) is 0 Å². The van der Waals surface area contributed by atoms with Gasteiger partial charge in [0, 0.05) is 23.1 Å². The van der Waals surface area contributed by atoms with Crippen molar-refractivity contribution in [1.29, 1.82) is 0 Å². The van der Waals surface area contributed by atoms with Gasteiger partial charge in [-0.25, -0.2) is 9.97 Å². The van der Waals surface area contributed by atoms with Crippen LogP contribution in [0, 0.1) is 0 Å². The summed E-state index contributed by atoms with van der Waals surface area (Å²) in [4.78, 5) is 8.76. The summed E-state index contributed by atoms with van der Waals surface area (Å²) in [6.45, 7) is 1.06. The Morgan fingerprint density at radius 2 is 2.24 bits per heavy atom. The molecular formula is C13H19N3S. The molecule has 0 aromatic carbocycles. The highest BCUT2D eigenvalue weighted by atomic mass is 32.2. The average Bonchev–Trinajstić information content (AvgIpc) is 2.86. The van der Waals surface area contributed by atoms with Crippen molar-refractivity contribution in [3.8, 4) is 0 Å². The van der Waals surface area contributed by atoms with E-state index in [1.165, 1.54) is 42.7 Å². The third-order valence-corrected chi connectivity index (χ3v) is 5.04. The van der Waals surface area contributed by atoms with Crippen molar-refractivity contribution in [1.82, 2.24) is 9.97 Å². The molecule has 2 heterocycles. The monoisotopic (exact) mass is 249 g/mol. The Labute approximate surface area is 107 Å². The van der Waals surface area contributed by atoms with Crippen LogP contribution in [0.1, 0.15) is 36.9 Å². The van der Waals surface area contributed by atoms with E-state index in [4.69, 9.17) is 0 Å². The van der Waals surface area contributed by atoms with E-state index in [0.717, 1.165) is 30.5 Å². The van der Waals surface area contributed by atoms with Crippen LogP contribution in [0.4, 0.5) is 5.82 Å². The summed E-state index contributed by atoms with van der Waals surface area (Å²) in [7, 11) is 0. The smallest absolute Gasteiger partial charge is 0.132 e. The predicted molar refractivity (Wildman–Crippen MR) is 72.6 cm³/mol. The van der Waals surface area contributed by atoms with Crippen molar-refractivity contribution in [3.63, 3.8) is 0 Å². The molecule has 1 aromatic rings. The Kier molecular flexibility index (Phi) is 3.50.